The Hall–Kier alpha value is -1.97. The molecule has 1 aromatic heterocycles. The number of aryl methyl sites for hydroxylation is 1. The number of rotatable bonds is 5. The number of carboxylic acids is 1. The number of para-hydroxylation sites is 1. The summed E-state index contributed by atoms with van der Waals surface area (Å²) in [5.41, 5.74) is 1.19. The minimum absolute atomic E-state index is 0.322. The van der Waals surface area contributed by atoms with Crippen LogP contribution in [0.4, 0.5) is 0 Å². The molecule has 1 aromatic carbocycles. The fourth-order valence-corrected chi connectivity index (χ4v) is 2.18. The maximum absolute atomic E-state index is 11.3. The SMILES string of the molecule is CCCCn1c(C(=O)O)cc2cccc(OC)c21. The van der Waals surface area contributed by atoms with E-state index in [-0.39, 0.29) is 0 Å². The smallest absolute Gasteiger partial charge is 0.352 e. The first kappa shape index (κ1) is 12.5. The molecule has 0 spiro atoms. The number of hydrogen-bond donors (Lipinski definition) is 1. The zero-order valence-electron chi connectivity index (χ0n) is 10.6. The Balaban J connectivity index is 2.66. The average Bonchev–Trinajstić information content (AvgIpc) is 2.75. The topological polar surface area (TPSA) is 51.5 Å². The third kappa shape index (κ3) is 2.06. The summed E-state index contributed by atoms with van der Waals surface area (Å²) >= 11 is 0. The van der Waals surface area contributed by atoms with Gasteiger partial charge in [0.15, 0.2) is 0 Å². The van der Waals surface area contributed by atoms with Crippen molar-refractivity contribution in [1.82, 2.24) is 4.57 Å². The Bertz CT molecular complexity index is 572. The maximum Gasteiger partial charge on any atom is 0.352 e. The van der Waals surface area contributed by atoms with Crippen LogP contribution >= 0.6 is 0 Å². The summed E-state index contributed by atoms with van der Waals surface area (Å²) in [7, 11) is 1.60. The number of methoxy groups -OCH3 is 1. The molecule has 1 N–H and O–H groups in total. The number of benzene rings is 1. The van der Waals surface area contributed by atoms with Crippen molar-refractivity contribution in [2.75, 3.05) is 7.11 Å². The van der Waals surface area contributed by atoms with Crippen LogP contribution in [0.25, 0.3) is 10.9 Å². The van der Waals surface area contributed by atoms with Gasteiger partial charge in [0.25, 0.3) is 0 Å². The quantitative estimate of drug-likeness (QED) is 0.883. The molecule has 0 aliphatic heterocycles. The summed E-state index contributed by atoms with van der Waals surface area (Å²) in [5.74, 6) is -0.180. The molecule has 2 aromatic rings. The second-order valence-electron chi connectivity index (χ2n) is 4.24. The molecule has 96 valence electrons. The van der Waals surface area contributed by atoms with E-state index >= 15 is 0 Å². The van der Waals surface area contributed by atoms with Crippen molar-refractivity contribution in [1.29, 1.82) is 0 Å². The van der Waals surface area contributed by atoms with Gasteiger partial charge in [-0.2, -0.15) is 0 Å². The zero-order valence-corrected chi connectivity index (χ0v) is 10.6. The monoisotopic (exact) mass is 247 g/mol. The van der Waals surface area contributed by atoms with Gasteiger partial charge >= 0.3 is 5.97 Å². The summed E-state index contributed by atoms with van der Waals surface area (Å²) in [5, 5.41) is 10.2. The fraction of sp³-hybridized carbons (Fsp3) is 0.357. The number of nitrogens with zero attached hydrogens (tertiary/aromatic N) is 1. The molecule has 18 heavy (non-hydrogen) atoms. The molecule has 0 saturated heterocycles. The van der Waals surface area contributed by atoms with Crippen molar-refractivity contribution in [3.8, 4) is 5.75 Å². The van der Waals surface area contributed by atoms with Crippen molar-refractivity contribution in [3.05, 3.63) is 30.0 Å². The van der Waals surface area contributed by atoms with Crippen molar-refractivity contribution in [3.63, 3.8) is 0 Å². The molecule has 4 heteroatoms. The van der Waals surface area contributed by atoms with E-state index in [2.05, 4.69) is 6.92 Å². The number of fused-ring (bicyclic) bond motifs is 1. The molecule has 1 heterocycles. The second kappa shape index (κ2) is 5.12. The van der Waals surface area contributed by atoms with Gasteiger partial charge in [0.05, 0.1) is 12.6 Å². The Morgan fingerprint density at radius 1 is 1.44 bits per heavy atom. The van der Waals surface area contributed by atoms with E-state index in [4.69, 9.17) is 4.74 Å². The highest BCUT2D eigenvalue weighted by Crippen LogP contribution is 2.29. The fourth-order valence-electron chi connectivity index (χ4n) is 2.18. The van der Waals surface area contributed by atoms with Crippen LogP contribution in [0.2, 0.25) is 0 Å². The average molecular weight is 247 g/mol. The maximum atomic E-state index is 11.3. The highest BCUT2D eigenvalue weighted by atomic mass is 16.5. The lowest BCUT2D eigenvalue weighted by atomic mass is 10.2. The minimum atomic E-state index is -0.899. The predicted octanol–water partition coefficient (Wildman–Crippen LogP) is 3.15. The van der Waals surface area contributed by atoms with E-state index in [1.165, 1.54) is 0 Å². The summed E-state index contributed by atoms with van der Waals surface area (Å²) in [6.45, 7) is 2.78. The number of carbonyl (C=O) groups is 1. The molecule has 0 fully saturated rings. The van der Waals surface area contributed by atoms with E-state index in [1.54, 1.807) is 13.2 Å². The van der Waals surface area contributed by atoms with E-state index in [0.717, 1.165) is 29.5 Å². The van der Waals surface area contributed by atoms with Crippen molar-refractivity contribution in [2.45, 2.75) is 26.3 Å². The number of aromatic carboxylic acids is 1. The molecule has 2 rings (SSSR count). The molecule has 0 aliphatic rings. The predicted molar refractivity (Wildman–Crippen MR) is 70.4 cm³/mol. The van der Waals surface area contributed by atoms with E-state index in [1.807, 2.05) is 22.8 Å². The molecule has 4 nitrogen and oxygen atoms in total. The number of unbranched alkanes of at least 4 members (excludes halogenated alkanes) is 1. The Morgan fingerprint density at radius 3 is 2.83 bits per heavy atom. The molecule has 0 saturated carbocycles. The summed E-state index contributed by atoms with van der Waals surface area (Å²) in [6, 6.07) is 7.34. The van der Waals surface area contributed by atoms with Gasteiger partial charge in [-0.3, -0.25) is 0 Å². The zero-order chi connectivity index (χ0) is 13.1. The van der Waals surface area contributed by atoms with Crippen LogP contribution in [0, 0.1) is 0 Å². The van der Waals surface area contributed by atoms with Crippen molar-refractivity contribution in [2.24, 2.45) is 0 Å². The number of ether oxygens (including phenoxy) is 1. The van der Waals surface area contributed by atoms with E-state index < -0.39 is 5.97 Å². The normalized spacial score (nSPS) is 10.8. The second-order valence-corrected chi connectivity index (χ2v) is 4.24. The standard InChI is InChI=1S/C14H17NO3/c1-3-4-8-15-11(14(16)17)9-10-6-5-7-12(18-2)13(10)15/h5-7,9H,3-4,8H2,1-2H3,(H,16,17). The lowest BCUT2D eigenvalue weighted by molar-refractivity contribution is 0.0685. The third-order valence-corrected chi connectivity index (χ3v) is 3.06. The molecular weight excluding hydrogens is 230 g/mol. The Morgan fingerprint density at radius 2 is 2.22 bits per heavy atom. The van der Waals surface area contributed by atoms with Gasteiger partial charge in [-0.05, 0) is 18.6 Å². The van der Waals surface area contributed by atoms with E-state index in [0.29, 0.717) is 12.2 Å². The van der Waals surface area contributed by atoms with Gasteiger partial charge in [0, 0.05) is 11.9 Å². The van der Waals surface area contributed by atoms with E-state index in [9.17, 15) is 9.90 Å². The van der Waals surface area contributed by atoms with Crippen LogP contribution in [0.1, 0.15) is 30.3 Å². The molecule has 0 unspecified atom stereocenters. The molecule has 0 bridgehead atoms. The lowest BCUT2D eigenvalue weighted by Crippen LogP contribution is -2.08. The van der Waals surface area contributed by atoms with Gasteiger partial charge in [-0.15, -0.1) is 0 Å². The van der Waals surface area contributed by atoms with Gasteiger partial charge in [-0.1, -0.05) is 25.5 Å². The summed E-state index contributed by atoms with van der Waals surface area (Å²) < 4.78 is 7.16. The first-order chi connectivity index (χ1) is 8.69. The molecule has 0 amide bonds. The summed E-state index contributed by atoms with van der Waals surface area (Å²) in [4.78, 5) is 11.3. The molecule has 0 aliphatic carbocycles. The largest absolute Gasteiger partial charge is 0.495 e. The first-order valence-electron chi connectivity index (χ1n) is 6.08. The lowest BCUT2D eigenvalue weighted by Gasteiger charge is -2.10. The highest BCUT2D eigenvalue weighted by Gasteiger charge is 2.16. The Kier molecular flexibility index (Phi) is 3.55. The van der Waals surface area contributed by atoms with Crippen LogP contribution in [0.15, 0.2) is 24.3 Å². The first-order valence-corrected chi connectivity index (χ1v) is 6.08. The third-order valence-electron chi connectivity index (χ3n) is 3.06. The van der Waals surface area contributed by atoms with Crippen LogP contribution in [0.5, 0.6) is 5.75 Å². The minimum Gasteiger partial charge on any atom is -0.495 e. The van der Waals surface area contributed by atoms with Crippen LogP contribution in [0.3, 0.4) is 0 Å². The summed E-state index contributed by atoms with van der Waals surface area (Å²) in [6.07, 6.45) is 1.97. The van der Waals surface area contributed by atoms with Gasteiger partial charge in [0.1, 0.15) is 11.4 Å². The van der Waals surface area contributed by atoms with Gasteiger partial charge in [0.2, 0.25) is 0 Å². The van der Waals surface area contributed by atoms with Crippen molar-refractivity contribution >= 4 is 16.9 Å². The van der Waals surface area contributed by atoms with Crippen molar-refractivity contribution < 1.29 is 14.6 Å². The number of hydrogen-bond acceptors (Lipinski definition) is 2. The van der Waals surface area contributed by atoms with Crippen LogP contribution in [-0.2, 0) is 6.54 Å². The van der Waals surface area contributed by atoms with Gasteiger partial charge < -0.3 is 14.4 Å². The van der Waals surface area contributed by atoms with Gasteiger partial charge in [-0.25, -0.2) is 4.79 Å². The highest BCUT2D eigenvalue weighted by molar-refractivity contribution is 5.96. The number of aromatic nitrogens is 1. The number of carboxylic acid groups (broad SMARTS) is 1. The van der Waals surface area contributed by atoms with Crippen LogP contribution < -0.4 is 4.74 Å². The molecular formula is C14H17NO3. The molecule has 0 radical (unpaired) electrons. The molecule has 0 atom stereocenters. The Labute approximate surface area is 106 Å². The van der Waals surface area contributed by atoms with Crippen LogP contribution in [-0.4, -0.2) is 22.8 Å².